The molecule has 5 nitrogen and oxygen atoms in total. The number of nitrogens with zero attached hydrogens (tertiary/aromatic N) is 2. The summed E-state index contributed by atoms with van der Waals surface area (Å²) in [7, 11) is 3.34. The Hall–Kier alpha value is -1.95. The fourth-order valence-corrected chi connectivity index (χ4v) is 2.41. The molecule has 1 saturated heterocycles. The molecule has 1 aromatic carbocycles. The van der Waals surface area contributed by atoms with E-state index in [2.05, 4.69) is 5.32 Å². The van der Waals surface area contributed by atoms with Crippen LogP contribution in [0.4, 0.5) is 4.39 Å². The van der Waals surface area contributed by atoms with E-state index in [4.69, 9.17) is 0 Å². The van der Waals surface area contributed by atoms with Crippen LogP contribution in [0.2, 0.25) is 0 Å². The van der Waals surface area contributed by atoms with E-state index in [0.717, 1.165) is 0 Å². The molecule has 1 aromatic rings. The normalized spacial score (nSPS) is 18.5. The number of halogens is 1. The lowest BCUT2D eigenvalue weighted by atomic mass is 10.1. The molecule has 6 heteroatoms. The number of benzene rings is 1. The standard InChI is InChI=1S/C15H20FN3O2/c1-10-8-11(4-5-12(10)16)14(20)19-7-6-17-9-13(19)15(21)18(2)3/h4-5,8,13,17H,6-7,9H2,1-3H3. The van der Waals surface area contributed by atoms with Gasteiger partial charge in [-0.1, -0.05) is 0 Å². The maximum absolute atomic E-state index is 13.3. The molecule has 1 fully saturated rings. The van der Waals surface area contributed by atoms with Gasteiger partial charge in [0.1, 0.15) is 11.9 Å². The zero-order valence-corrected chi connectivity index (χ0v) is 12.5. The van der Waals surface area contributed by atoms with Gasteiger partial charge in [-0.2, -0.15) is 0 Å². The van der Waals surface area contributed by atoms with Crippen molar-refractivity contribution in [2.75, 3.05) is 33.7 Å². The molecule has 2 amide bonds. The number of rotatable bonds is 2. The first kappa shape index (κ1) is 15.4. The number of hydrogen-bond acceptors (Lipinski definition) is 3. The molecule has 0 bridgehead atoms. The van der Waals surface area contributed by atoms with Gasteiger partial charge in [-0.25, -0.2) is 4.39 Å². The van der Waals surface area contributed by atoms with Crippen molar-refractivity contribution >= 4 is 11.8 Å². The van der Waals surface area contributed by atoms with Crippen LogP contribution in [-0.4, -0.2) is 61.4 Å². The second-order valence-corrected chi connectivity index (χ2v) is 5.42. The largest absolute Gasteiger partial charge is 0.347 e. The number of piperazine rings is 1. The molecule has 1 heterocycles. The number of nitrogens with one attached hydrogen (secondary N) is 1. The summed E-state index contributed by atoms with van der Waals surface area (Å²) in [5.41, 5.74) is 0.832. The van der Waals surface area contributed by atoms with Crippen molar-refractivity contribution in [2.24, 2.45) is 0 Å². The lowest BCUT2D eigenvalue weighted by Gasteiger charge is -2.36. The Bertz CT molecular complexity index is 560. The van der Waals surface area contributed by atoms with Crippen LogP contribution in [0.5, 0.6) is 0 Å². The van der Waals surface area contributed by atoms with Crippen LogP contribution in [0.1, 0.15) is 15.9 Å². The molecule has 114 valence electrons. The minimum absolute atomic E-state index is 0.116. The first-order valence-corrected chi connectivity index (χ1v) is 6.91. The van der Waals surface area contributed by atoms with Crippen LogP contribution in [0, 0.1) is 12.7 Å². The minimum atomic E-state index is -0.522. The quantitative estimate of drug-likeness (QED) is 0.870. The monoisotopic (exact) mass is 293 g/mol. The zero-order chi connectivity index (χ0) is 15.6. The van der Waals surface area contributed by atoms with Crippen LogP contribution in [0.3, 0.4) is 0 Å². The van der Waals surface area contributed by atoms with Crippen molar-refractivity contribution in [1.29, 1.82) is 0 Å². The van der Waals surface area contributed by atoms with E-state index in [1.165, 1.54) is 23.1 Å². The summed E-state index contributed by atoms with van der Waals surface area (Å²) in [4.78, 5) is 27.8. The van der Waals surface area contributed by atoms with E-state index in [1.807, 2.05) is 0 Å². The lowest BCUT2D eigenvalue weighted by molar-refractivity contribution is -0.134. The van der Waals surface area contributed by atoms with E-state index in [1.54, 1.807) is 25.9 Å². The number of amides is 2. The third-order valence-corrected chi connectivity index (χ3v) is 3.63. The highest BCUT2D eigenvalue weighted by Crippen LogP contribution is 2.15. The van der Waals surface area contributed by atoms with Crippen LogP contribution in [-0.2, 0) is 4.79 Å². The second-order valence-electron chi connectivity index (χ2n) is 5.42. The minimum Gasteiger partial charge on any atom is -0.347 e. The topological polar surface area (TPSA) is 52.7 Å². The Kier molecular flexibility index (Phi) is 4.57. The third-order valence-electron chi connectivity index (χ3n) is 3.63. The van der Waals surface area contributed by atoms with E-state index in [0.29, 0.717) is 30.8 Å². The van der Waals surface area contributed by atoms with Gasteiger partial charge in [-0.15, -0.1) is 0 Å². The van der Waals surface area contributed by atoms with Gasteiger partial charge in [-0.05, 0) is 30.7 Å². The van der Waals surface area contributed by atoms with Gasteiger partial charge >= 0.3 is 0 Å². The first-order valence-electron chi connectivity index (χ1n) is 6.91. The Labute approximate surface area is 123 Å². The summed E-state index contributed by atoms with van der Waals surface area (Å²) in [6.45, 7) is 3.15. The number of carbonyl (C=O) groups is 2. The Morgan fingerprint density at radius 3 is 2.71 bits per heavy atom. The van der Waals surface area contributed by atoms with Gasteiger partial charge in [0, 0.05) is 39.3 Å². The molecule has 0 aliphatic carbocycles. The van der Waals surface area contributed by atoms with Crippen molar-refractivity contribution in [3.8, 4) is 0 Å². The number of likely N-dealkylation sites (N-methyl/N-ethyl adjacent to an activating group) is 1. The van der Waals surface area contributed by atoms with Gasteiger partial charge in [0.2, 0.25) is 5.91 Å². The van der Waals surface area contributed by atoms with Crippen molar-refractivity contribution in [1.82, 2.24) is 15.1 Å². The van der Waals surface area contributed by atoms with Gasteiger partial charge in [0.25, 0.3) is 5.91 Å². The first-order chi connectivity index (χ1) is 9.91. The Morgan fingerprint density at radius 2 is 2.10 bits per heavy atom. The zero-order valence-electron chi connectivity index (χ0n) is 12.5. The van der Waals surface area contributed by atoms with E-state index in [9.17, 15) is 14.0 Å². The highest BCUT2D eigenvalue weighted by molar-refractivity contribution is 5.98. The van der Waals surface area contributed by atoms with Gasteiger partial charge in [0.15, 0.2) is 0 Å². The summed E-state index contributed by atoms with van der Waals surface area (Å²) in [5, 5.41) is 3.13. The highest BCUT2D eigenvalue weighted by atomic mass is 19.1. The van der Waals surface area contributed by atoms with E-state index in [-0.39, 0.29) is 17.6 Å². The molecule has 1 unspecified atom stereocenters. The lowest BCUT2D eigenvalue weighted by Crippen LogP contribution is -2.59. The van der Waals surface area contributed by atoms with Crippen LogP contribution in [0.25, 0.3) is 0 Å². The van der Waals surface area contributed by atoms with Crippen molar-refractivity contribution in [3.05, 3.63) is 35.1 Å². The molecule has 1 N–H and O–H groups in total. The Balaban J connectivity index is 2.26. The van der Waals surface area contributed by atoms with Gasteiger partial charge in [0.05, 0.1) is 0 Å². The molecule has 1 aliphatic heterocycles. The fourth-order valence-electron chi connectivity index (χ4n) is 2.41. The van der Waals surface area contributed by atoms with Crippen LogP contribution >= 0.6 is 0 Å². The number of carbonyl (C=O) groups excluding carboxylic acids is 2. The van der Waals surface area contributed by atoms with Gasteiger partial charge < -0.3 is 15.1 Å². The average Bonchev–Trinajstić information content (AvgIpc) is 2.48. The molecule has 0 spiro atoms. The fraction of sp³-hybridized carbons (Fsp3) is 0.467. The van der Waals surface area contributed by atoms with Crippen LogP contribution < -0.4 is 5.32 Å². The maximum Gasteiger partial charge on any atom is 0.254 e. The SMILES string of the molecule is Cc1cc(C(=O)N2CCNCC2C(=O)N(C)C)ccc1F. The number of hydrogen-bond donors (Lipinski definition) is 1. The molecule has 2 rings (SSSR count). The molecule has 0 aromatic heterocycles. The van der Waals surface area contributed by atoms with Crippen molar-refractivity contribution in [2.45, 2.75) is 13.0 Å². The smallest absolute Gasteiger partial charge is 0.254 e. The summed E-state index contributed by atoms with van der Waals surface area (Å²) >= 11 is 0. The van der Waals surface area contributed by atoms with E-state index >= 15 is 0 Å². The predicted octanol–water partition coefficient (Wildman–Crippen LogP) is 0.636. The molecule has 0 saturated carbocycles. The van der Waals surface area contributed by atoms with Gasteiger partial charge in [-0.3, -0.25) is 9.59 Å². The summed E-state index contributed by atoms with van der Waals surface area (Å²) in [6.07, 6.45) is 0. The molecule has 0 radical (unpaired) electrons. The molecule has 1 atom stereocenters. The third kappa shape index (κ3) is 3.21. The average molecular weight is 293 g/mol. The maximum atomic E-state index is 13.3. The van der Waals surface area contributed by atoms with Crippen molar-refractivity contribution in [3.63, 3.8) is 0 Å². The Morgan fingerprint density at radius 1 is 1.38 bits per heavy atom. The van der Waals surface area contributed by atoms with Crippen molar-refractivity contribution < 1.29 is 14.0 Å². The summed E-state index contributed by atoms with van der Waals surface area (Å²) in [6, 6.07) is 3.75. The molecule has 21 heavy (non-hydrogen) atoms. The highest BCUT2D eigenvalue weighted by Gasteiger charge is 2.33. The summed E-state index contributed by atoms with van der Waals surface area (Å²) < 4.78 is 13.3. The number of aryl methyl sites for hydroxylation is 1. The van der Waals surface area contributed by atoms with E-state index < -0.39 is 6.04 Å². The molecular formula is C15H20FN3O2. The molecular weight excluding hydrogens is 273 g/mol. The second kappa shape index (κ2) is 6.22. The van der Waals surface area contributed by atoms with Crippen LogP contribution in [0.15, 0.2) is 18.2 Å². The summed E-state index contributed by atoms with van der Waals surface area (Å²) in [5.74, 6) is -0.693. The molecule has 1 aliphatic rings. The predicted molar refractivity (Wildman–Crippen MR) is 77.5 cm³/mol.